The van der Waals surface area contributed by atoms with Gasteiger partial charge in [-0.15, -0.1) is 0 Å². The molecule has 0 saturated heterocycles. The molecule has 28 heavy (non-hydrogen) atoms. The number of hydrogen-bond donors (Lipinski definition) is 1. The van der Waals surface area contributed by atoms with Crippen LogP contribution in [0, 0.1) is 0 Å². The van der Waals surface area contributed by atoms with Crippen LogP contribution in [-0.4, -0.2) is 13.4 Å². The summed E-state index contributed by atoms with van der Waals surface area (Å²) in [7, 11) is -3.88. The highest BCUT2D eigenvalue weighted by atomic mass is 35.5. The summed E-state index contributed by atoms with van der Waals surface area (Å²) >= 11 is 5.94. The molecular weight excluding hydrogens is 396 g/mol. The van der Waals surface area contributed by atoms with Crippen LogP contribution in [0.25, 0.3) is 11.5 Å². The standard InChI is InChI=1S/C21H15ClN2O3S/c22-16-13-11-15(12-14-16)19-24-21(28(25,26)18-9-5-2-6-10-18)20(27-19)23-17-7-3-1-4-8-17/h1-14,23H. The van der Waals surface area contributed by atoms with E-state index in [4.69, 9.17) is 16.0 Å². The van der Waals surface area contributed by atoms with Gasteiger partial charge in [0.1, 0.15) is 0 Å². The fraction of sp³-hybridized carbons (Fsp3) is 0. The molecule has 0 fully saturated rings. The van der Waals surface area contributed by atoms with Crippen molar-refractivity contribution >= 4 is 33.0 Å². The van der Waals surface area contributed by atoms with Gasteiger partial charge in [-0.05, 0) is 48.5 Å². The summed E-state index contributed by atoms with van der Waals surface area (Å²) in [5.41, 5.74) is 1.31. The first-order chi connectivity index (χ1) is 13.5. The second-order valence-electron chi connectivity index (χ2n) is 5.97. The zero-order chi connectivity index (χ0) is 19.6. The Labute approximate surface area is 167 Å². The van der Waals surface area contributed by atoms with E-state index in [1.54, 1.807) is 42.5 Å². The SMILES string of the molecule is O=S(=O)(c1ccccc1)c1nc(-c2ccc(Cl)cc2)oc1Nc1ccccc1. The molecule has 0 atom stereocenters. The van der Waals surface area contributed by atoms with Gasteiger partial charge in [-0.1, -0.05) is 48.0 Å². The molecule has 0 bridgehead atoms. The van der Waals surface area contributed by atoms with Crippen molar-refractivity contribution < 1.29 is 12.8 Å². The normalized spacial score (nSPS) is 11.3. The molecule has 0 spiro atoms. The van der Waals surface area contributed by atoms with Crippen molar-refractivity contribution in [3.05, 3.63) is 90.0 Å². The van der Waals surface area contributed by atoms with Crippen LogP contribution in [-0.2, 0) is 9.84 Å². The molecule has 1 N–H and O–H groups in total. The number of aromatic nitrogens is 1. The zero-order valence-electron chi connectivity index (χ0n) is 14.5. The molecule has 140 valence electrons. The summed E-state index contributed by atoms with van der Waals surface area (Å²) in [6, 6.07) is 24.1. The van der Waals surface area contributed by atoms with Crippen LogP contribution < -0.4 is 5.32 Å². The molecule has 0 aliphatic carbocycles. The molecule has 0 unspecified atom stereocenters. The average molecular weight is 411 g/mol. The first kappa shape index (κ1) is 18.3. The van der Waals surface area contributed by atoms with Crippen molar-refractivity contribution in [2.75, 3.05) is 5.32 Å². The lowest BCUT2D eigenvalue weighted by molar-refractivity contribution is 0.582. The van der Waals surface area contributed by atoms with Gasteiger partial charge in [0.05, 0.1) is 4.90 Å². The molecule has 1 aromatic heterocycles. The maximum Gasteiger partial charge on any atom is 0.238 e. The molecule has 0 aliphatic rings. The maximum atomic E-state index is 13.2. The summed E-state index contributed by atoms with van der Waals surface area (Å²) in [4.78, 5) is 4.43. The summed E-state index contributed by atoms with van der Waals surface area (Å²) < 4.78 is 32.1. The van der Waals surface area contributed by atoms with E-state index in [1.165, 1.54) is 12.1 Å². The number of anilines is 2. The van der Waals surface area contributed by atoms with Crippen LogP contribution in [0.2, 0.25) is 5.02 Å². The molecule has 7 heteroatoms. The Balaban J connectivity index is 1.84. The van der Waals surface area contributed by atoms with Crippen LogP contribution >= 0.6 is 11.6 Å². The Morgan fingerprint density at radius 3 is 2.07 bits per heavy atom. The Morgan fingerprint density at radius 2 is 1.43 bits per heavy atom. The monoisotopic (exact) mass is 410 g/mol. The smallest absolute Gasteiger partial charge is 0.238 e. The number of benzene rings is 3. The second-order valence-corrected chi connectivity index (χ2v) is 8.27. The molecule has 0 saturated carbocycles. The van der Waals surface area contributed by atoms with Gasteiger partial charge in [0.2, 0.25) is 26.6 Å². The molecule has 4 rings (SSSR count). The third kappa shape index (κ3) is 3.65. The van der Waals surface area contributed by atoms with Gasteiger partial charge >= 0.3 is 0 Å². The van der Waals surface area contributed by atoms with Crippen LogP contribution in [0.4, 0.5) is 11.6 Å². The molecular formula is C21H15ClN2O3S. The fourth-order valence-corrected chi connectivity index (χ4v) is 4.05. The fourth-order valence-electron chi connectivity index (χ4n) is 2.65. The number of para-hydroxylation sites is 1. The summed E-state index contributed by atoms with van der Waals surface area (Å²) in [5.74, 6) is 0.240. The topological polar surface area (TPSA) is 72.2 Å². The van der Waals surface area contributed by atoms with Crippen LogP contribution in [0.1, 0.15) is 0 Å². The minimum Gasteiger partial charge on any atom is -0.419 e. The quantitative estimate of drug-likeness (QED) is 0.465. The van der Waals surface area contributed by atoms with Gasteiger partial charge in [-0.25, -0.2) is 8.42 Å². The molecule has 5 nitrogen and oxygen atoms in total. The molecule has 1 heterocycles. The van der Waals surface area contributed by atoms with Crippen molar-refractivity contribution in [1.82, 2.24) is 4.98 Å². The predicted octanol–water partition coefficient (Wildman–Crippen LogP) is 5.57. The number of nitrogens with one attached hydrogen (secondary N) is 1. The minimum absolute atomic E-state index is 0.0556. The van der Waals surface area contributed by atoms with Gasteiger partial charge in [0, 0.05) is 16.3 Å². The van der Waals surface area contributed by atoms with E-state index in [9.17, 15) is 8.42 Å². The lowest BCUT2D eigenvalue weighted by Crippen LogP contribution is -2.05. The second kappa shape index (κ2) is 7.50. The number of oxazole rings is 1. The number of hydrogen-bond acceptors (Lipinski definition) is 5. The van der Waals surface area contributed by atoms with Gasteiger partial charge < -0.3 is 9.73 Å². The first-order valence-corrected chi connectivity index (χ1v) is 10.3. The van der Waals surface area contributed by atoms with Crippen molar-refractivity contribution in [3.63, 3.8) is 0 Å². The number of halogens is 1. The number of nitrogens with zero attached hydrogens (tertiary/aromatic N) is 1. The third-order valence-electron chi connectivity index (χ3n) is 4.03. The largest absolute Gasteiger partial charge is 0.419 e. The lowest BCUT2D eigenvalue weighted by atomic mass is 10.2. The molecule has 3 aromatic carbocycles. The Kier molecular flexibility index (Phi) is 4.90. The van der Waals surface area contributed by atoms with Gasteiger partial charge in [-0.2, -0.15) is 4.98 Å². The Morgan fingerprint density at radius 1 is 0.821 bits per heavy atom. The first-order valence-electron chi connectivity index (χ1n) is 8.43. The molecule has 0 aliphatic heterocycles. The number of rotatable bonds is 5. The van der Waals surface area contributed by atoms with Crippen molar-refractivity contribution in [1.29, 1.82) is 0 Å². The van der Waals surface area contributed by atoms with E-state index in [1.807, 2.05) is 30.3 Å². The molecule has 4 aromatic rings. The van der Waals surface area contributed by atoms with Gasteiger partial charge in [-0.3, -0.25) is 0 Å². The van der Waals surface area contributed by atoms with Crippen molar-refractivity contribution in [2.24, 2.45) is 0 Å². The van der Waals surface area contributed by atoms with Crippen LogP contribution in [0.15, 0.2) is 99.3 Å². The van der Waals surface area contributed by atoms with Crippen molar-refractivity contribution in [3.8, 4) is 11.5 Å². The Hall–Kier alpha value is -3.09. The molecule has 0 radical (unpaired) electrons. The van der Waals surface area contributed by atoms with E-state index in [0.717, 1.165) is 0 Å². The summed E-state index contributed by atoms with van der Waals surface area (Å²) in [6.45, 7) is 0. The predicted molar refractivity (Wildman–Crippen MR) is 109 cm³/mol. The summed E-state index contributed by atoms with van der Waals surface area (Å²) in [6.07, 6.45) is 0. The van der Waals surface area contributed by atoms with Crippen LogP contribution in [0.3, 0.4) is 0 Å². The lowest BCUT2D eigenvalue weighted by Gasteiger charge is -2.05. The highest BCUT2D eigenvalue weighted by molar-refractivity contribution is 7.91. The van der Waals surface area contributed by atoms with E-state index in [-0.39, 0.29) is 21.7 Å². The van der Waals surface area contributed by atoms with E-state index < -0.39 is 9.84 Å². The van der Waals surface area contributed by atoms with E-state index in [2.05, 4.69) is 10.3 Å². The van der Waals surface area contributed by atoms with E-state index >= 15 is 0 Å². The van der Waals surface area contributed by atoms with Crippen LogP contribution in [0.5, 0.6) is 0 Å². The average Bonchev–Trinajstić information content (AvgIpc) is 3.14. The summed E-state index contributed by atoms with van der Waals surface area (Å²) in [5, 5.41) is 3.41. The third-order valence-corrected chi connectivity index (χ3v) is 5.96. The number of sulfone groups is 1. The Bertz CT molecular complexity index is 1190. The molecule has 0 amide bonds. The zero-order valence-corrected chi connectivity index (χ0v) is 16.1. The van der Waals surface area contributed by atoms with Gasteiger partial charge in [0.15, 0.2) is 0 Å². The highest BCUT2D eigenvalue weighted by Gasteiger charge is 2.28. The van der Waals surface area contributed by atoms with Crippen molar-refractivity contribution in [2.45, 2.75) is 9.92 Å². The minimum atomic E-state index is -3.88. The van der Waals surface area contributed by atoms with Gasteiger partial charge in [0.25, 0.3) is 0 Å². The highest BCUT2D eigenvalue weighted by Crippen LogP contribution is 2.34. The maximum absolute atomic E-state index is 13.2. The van der Waals surface area contributed by atoms with E-state index in [0.29, 0.717) is 16.3 Å².